The van der Waals surface area contributed by atoms with Crippen LogP contribution in [0.5, 0.6) is 5.75 Å². The predicted octanol–water partition coefficient (Wildman–Crippen LogP) is 3.24. The van der Waals surface area contributed by atoms with Gasteiger partial charge in [0.1, 0.15) is 28.1 Å². The topological polar surface area (TPSA) is 80.0 Å². The number of carboxylic acid groups (broad SMARTS) is 1. The van der Waals surface area contributed by atoms with Crippen LogP contribution in [0.15, 0.2) is 45.7 Å². The second-order valence-electron chi connectivity index (χ2n) is 5.09. The van der Waals surface area contributed by atoms with Crippen LogP contribution in [0.3, 0.4) is 0 Å². The molecule has 0 bridgehead atoms. The number of amides is 1. The van der Waals surface area contributed by atoms with Crippen molar-refractivity contribution < 1.29 is 23.8 Å². The molecule has 1 aliphatic rings. The van der Waals surface area contributed by atoms with E-state index in [1.807, 2.05) is 24.3 Å². The Morgan fingerprint density at radius 1 is 1.32 bits per heavy atom. The number of benzene rings is 1. The number of rotatable bonds is 5. The minimum absolute atomic E-state index is 0.223. The first-order valence-corrected chi connectivity index (χ1v) is 8.42. The summed E-state index contributed by atoms with van der Waals surface area (Å²) in [6.07, 6.45) is 1.56. The molecule has 128 valence electrons. The van der Waals surface area contributed by atoms with Gasteiger partial charge in [0.05, 0.1) is 12.0 Å². The number of carbonyl (C=O) groups excluding carboxylic acids is 1. The summed E-state index contributed by atoms with van der Waals surface area (Å²) < 4.78 is 11.1. The van der Waals surface area contributed by atoms with Crippen LogP contribution in [-0.4, -0.2) is 39.9 Å². The van der Waals surface area contributed by atoms with E-state index in [0.717, 1.165) is 28.0 Å². The minimum atomic E-state index is -1.11. The molecule has 3 rings (SSSR count). The van der Waals surface area contributed by atoms with E-state index in [2.05, 4.69) is 0 Å². The Balaban J connectivity index is 1.80. The monoisotopic (exact) mass is 375 g/mol. The van der Waals surface area contributed by atoms with Gasteiger partial charge in [-0.3, -0.25) is 14.5 Å². The number of carbonyl (C=O) groups is 2. The lowest BCUT2D eigenvalue weighted by Crippen LogP contribution is -2.33. The van der Waals surface area contributed by atoms with Gasteiger partial charge in [0.25, 0.3) is 5.91 Å². The fourth-order valence-electron chi connectivity index (χ4n) is 2.24. The maximum atomic E-state index is 12.2. The molecule has 0 radical (unpaired) electrons. The van der Waals surface area contributed by atoms with Gasteiger partial charge in [0.15, 0.2) is 0 Å². The molecule has 1 aromatic heterocycles. The minimum Gasteiger partial charge on any atom is -0.497 e. The number of carboxylic acids is 1. The summed E-state index contributed by atoms with van der Waals surface area (Å²) in [4.78, 5) is 24.4. The largest absolute Gasteiger partial charge is 0.497 e. The van der Waals surface area contributed by atoms with Crippen LogP contribution < -0.4 is 4.74 Å². The van der Waals surface area contributed by atoms with E-state index in [0.29, 0.717) is 16.4 Å². The second kappa shape index (κ2) is 7.12. The van der Waals surface area contributed by atoms with Crippen molar-refractivity contribution in [3.63, 3.8) is 0 Å². The Hall–Kier alpha value is -2.58. The molecule has 1 aliphatic heterocycles. The quantitative estimate of drug-likeness (QED) is 0.635. The van der Waals surface area contributed by atoms with Crippen LogP contribution in [0.4, 0.5) is 0 Å². The second-order valence-corrected chi connectivity index (χ2v) is 6.77. The third kappa shape index (κ3) is 3.75. The third-order valence-corrected chi connectivity index (χ3v) is 4.82. The number of hydrogen-bond donors (Lipinski definition) is 1. The van der Waals surface area contributed by atoms with Crippen molar-refractivity contribution in [3.8, 4) is 17.1 Å². The lowest BCUT2D eigenvalue weighted by atomic mass is 10.2. The van der Waals surface area contributed by atoms with E-state index in [4.69, 9.17) is 26.5 Å². The number of nitrogens with zero attached hydrogens (tertiary/aromatic N) is 1. The predicted molar refractivity (Wildman–Crippen MR) is 98.2 cm³/mol. The van der Waals surface area contributed by atoms with E-state index >= 15 is 0 Å². The summed E-state index contributed by atoms with van der Waals surface area (Å²) in [6.45, 7) is -0.447. The van der Waals surface area contributed by atoms with E-state index in [1.54, 1.807) is 25.3 Å². The normalized spacial score (nSPS) is 15.9. The Bertz CT molecular complexity index is 869. The van der Waals surface area contributed by atoms with Crippen LogP contribution in [0.1, 0.15) is 5.76 Å². The van der Waals surface area contributed by atoms with Crippen molar-refractivity contribution in [3.05, 3.63) is 47.1 Å². The van der Waals surface area contributed by atoms with Gasteiger partial charge < -0.3 is 14.3 Å². The number of thioether (sulfide) groups is 1. The van der Waals surface area contributed by atoms with E-state index < -0.39 is 18.4 Å². The molecule has 25 heavy (non-hydrogen) atoms. The summed E-state index contributed by atoms with van der Waals surface area (Å²) >= 11 is 6.11. The summed E-state index contributed by atoms with van der Waals surface area (Å²) in [5.74, 6) is 0.339. The molecular formula is C17H13NO5S2. The van der Waals surface area contributed by atoms with Crippen molar-refractivity contribution in [1.29, 1.82) is 0 Å². The van der Waals surface area contributed by atoms with Crippen LogP contribution in [0, 0.1) is 0 Å². The molecule has 0 spiro atoms. The third-order valence-electron chi connectivity index (χ3n) is 3.44. The van der Waals surface area contributed by atoms with Crippen molar-refractivity contribution in [2.24, 2.45) is 0 Å². The fourth-order valence-corrected chi connectivity index (χ4v) is 3.48. The first-order chi connectivity index (χ1) is 12.0. The zero-order valence-electron chi connectivity index (χ0n) is 13.1. The molecule has 1 N–H and O–H groups in total. The van der Waals surface area contributed by atoms with Gasteiger partial charge in [-0.1, -0.05) is 24.0 Å². The maximum absolute atomic E-state index is 12.2. The highest BCUT2D eigenvalue weighted by molar-refractivity contribution is 8.26. The van der Waals surface area contributed by atoms with Gasteiger partial charge in [0.2, 0.25) is 0 Å². The van der Waals surface area contributed by atoms with E-state index in [1.165, 1.54) is 0 Å². The molecule has 1 amide bonds. The van der Waals surface area contributed by atoms with Crippen LogP contribution in [0.25, 0.3) is 17.4 Å². The van der Waals surface area contributed by atoms with Crippen molar-refractivity contribution in [1.82, 2.24) is 4.90 Å². The molecule has 0 saturated carbocycles. The van der Waals surface area contributed by atoms with Gasteiger partial charge >= 0.3 is 5.97 Å². The summed E-state index contributed by atoms with van der Waals surface area (Å²) in [7, 11) is 1.60. The molecule has 0 atom stereocenters. The van der Waals surface area contributed by atoms with E-state index in [-0.39, 0.29) is 4.32 Å². The Labute approximate surface area is 153 Å². The SMILES string of the molecule is COc1ccc(-c2ccc(/C=C3\SC(=S)N(CC(=O)O)C3=O)o2)cc1. The number of hydrogen-bond acceptors (Lipinski definition) is 6. The molecule has 1 aromatic carbocycles. The van der Waals surface area contributed by atoms with Crippen LogP contribution in [-0.2, 0) is 9.59 Å². The molecular weight excluding hydrogens is 362 g/mol. The van der Waals surface area contributed by atoms with Crippen LogP contribution in [0.2, 0.25) is 0 Å². The van der Waals surface area contributed by atoms with Gasteiger partial charge in [-0.25, -0.2) is 0 Å². The van der Waals surface area contributed by atoms with Gasteiger partial charge in [0, 0.05) is 11.6 Å². The van der Waals surface area contributed by atoms with Crippen LogP contribution >= 0.6 is 24.0 Å². The highest BCUT2D eigenvalue weighted by Gasteiger charge is 2.33. The van der Waals surface area contributed by atoms with Gasteiger partial charge in [-0.2, -0.15) is 0 Å². The maximum Gasteiger partial charge on any atom is 0.323 e. The lowest BCUT2D eigenvalue weighted by molar-refractivity contribution is -0.140. The zero-order valence-corrected chi connectivity index (χ0v) is 14.7. The Morgan fingerprint density at radius 3 is 2.68 bits per heavy atom. The first kappa shape index (κ1) is 17.2. The summed E-state index contributed by atoms with van der Waals surface area (Å²) in [5.41, 5.74) is 0.874. The van der Waals surface area contributed by atoms with Gasteiger partial charge in [-0.05, 0) is 36.4 Å². The van der Waals surface area contributed by atoms with Crippen molar-refractivity contribution in [2.45, 2.75) is 0 Å². The standard InChI is InChI=1S/C17H13NO5S2/c1-22-11-4-2-10(3-5-11)13-7-6-12(23-13)8-14-16(21)18(9-15(19)20)17(24)25-14/h2-8H,9H2,1H3,(H,19,20)/b14-8-. The van der Waals surface area contributed by atoms with Crippen molar-refractivity contribution in [2.75, 3.05) is 13.7 Å². The summed E-state index contributed by atoms with van der Waals surface area (Å²) in [5, 5.41) is 8.84. The number of thiocarbonyl (C=S) groups is 1. The average molecular weight is 375 g/mol. The Morgan fingerprint density at radius 2 is 2.04 bits per heavy atom. The molecule has 0 unspecified atom stereocenters. The lowest BCUT2D eigenvalue weighted by Gasteiger charge is -2.09. The average Bonchev–Trinajstić information content (AvgIpc) is 3.15. The zero-order chi connectivity index (χ0) is 18.0. The number of ether oxygens (including phenoxy) is 1. The molecule has 2 aromatic rings. The Kier molecular flexibility index (Phi) is 4.91. The molecule has 1 saturated heterocycles. The first-order valence-electron chi connectivity index (χ1n) is 7.19. The van der Waals surface area contributed by atoms with Gasteiger partial charge in [-0.15, -0.1) is 0 Å². The molecule has 1 fully saturated rings. The number of furan rings is 1. The highest BCUT2D eigenvalue weighted by atomic mass is 32.2. The number of methoxy groups -OCH3 is 1. The molecule has 2 heterocycles. The molecule has 0 aliphatic carbocycles. The smallest absolute Gasteiger partial charge is 0.323 e. The highest BCUT2D eigenvalue weighted by Crippen LogP contribution is 2.33. The fraction of sp³-hybridized carbons (Fsp3) is 0.118. The summed E-state index contributed by atoms with van der Waals surface area (Å²) in [6, 6.07) is 10.9. The number of aliphatic carboxylic acids is 1. The van der Waals surface area contributed by atoms with Crippen molar-refractivity contribution >= 4 is 46.3 Å². The van der Waals surface area contributed by atoms with E-state index in [9.17, 15) is 9.59 Å². The molecule has 6 nitrogen and oxygen atoms in total. The molecule has 8 heteroatoms.